The average Bonchev–Trinajstić information content (AvgIpc) is 4.04. The van der Waals surface area contributed by atoms with E-state index < -0.39 is 0 Å². The lowest BCUT2D eigenvalue weighted by molar-refractivity contribution is 0.669. The molecule has 13 rings (SSSR count). The summed E-state index contributed by atoms with van der Waals surface area (Å²) in [5.74, 6) is 2.39. The van der Waals surface area contributed by atoms with Crippen molar-refractivity contribution in [3.63, 3.8) is 0 Å². The van der Waals surface area contributed by atoms with Gasteiger partial charge in [0.15, 0.2) is 23.3 Å². The van der Waals surface area contributed by atoms with Crippen LogP contribution in [0.2, 0.25) is 0 Å². The molecule has 8 heteroatoms. The fourth-order valence-corrected chi connectivity index (χ4v) is 10.2. The quantitative estimate of drug-likeness (QED) is 0.166. The Labute approximate surface area is 364 Å². The third kappa shape index (κ3) is 5.69. The second-order valence-electron chi connectivity index (χ2n) is 15.6. The molecule has 0 atom stereocenters. The molecule has 0 amide bonds. The highest BCUT2D eigenvalue weighted by Crippen LogP contribution is 2.43. The van der Waals surface area contributed by atoms with Crippen LogP contribution in [-0.4, -0.2) is 29.5 Å². The zero-order chi connectivity index (χ0) is 41.4. The van der Waals surface area contributed by atoms with Crippen molar-refractivity contribution in [2.45, 2.75) is 0 Å². The Bertz CT molecular complexity index is 3910. The smallest absolute Gasteiger partial charge is 0.164 e. The molecule has 5 heterocycles. The minimum atomic E-state index is 0.560. The molecular weight excluding hydrogens is 793 g/mol. The summed E-state index contributed by atoms with van der Waals surface area (Å²) in [5.41, 5.74) is 11.2. The Kier molecular flexibility index (Phi) is 7.94. The van der Waals surface area contributed by atoms with Gasteiger partial charge in [-0.25, -0.2) is 24.9 Å². The Morgan fingerprint density at radius 3 is 1.83 bits per heavy atom. The largest absolute Gasteiger partial charge is 0.456 e. The number of nitrogens with zero attached hydrogens (tertiary/aromatic N) is 6. The van der Waals surface area contributed by atoms with E-state index in [4.69, 9.17) is 29.3 Å². The number of furan rings is 1. The first-order valence-electron chi connectivity index (χ1n) is 20.8. The highest BCUT2D eigenvalue weighted by molar-refractivity contribution is 7.26. The van der Waals surface area contributed by atoms with Crippen LogP contribution < -0.4 is 0 Å². The van der Waals surface area contributed by atoms with Crippen LogP contribution in [0.5, 0.6) is 0 Å². The summed E-state index contributed by atoms with van der Waals surface area (Å²) in [4.78, 5) is 26.3. The molecule has 0 aliphatic rings. The fourth-order valence-electron chi connectivity index (χ4n) is 9.06. The SMILES string of the molecule is c1ccc(-c2nc(-c3ccc4oc5cccc(-c6nc(-c7ccccc7)c7sc8ccccc8c7n6)c5c4c3)nc(-c3cccc4c3c3ccccc3n4-c3ccccc3)n2)cc1. The maximum Gasteiger partial charge on any atom is 0.164 e. The van der Waals surface area contributed by atoms with Crippen LogP contribution in [0.1, 0.15) is 0 Å². The monoisotopic (exact) mass is 824 g/mol. The Hall–Kier alpha value is -8.33. The van der Waals surface area contributed by atoms with Gasteiger partial charge in [-0.2, -0.15) is 0 Å². The molecule has 0 N–H and O–H groups in total. The predicted molar refractivity (Wildman–Crippen MR) is 257 cm³/mol. The average molecular weight is 825 g/mol. The summed E-state index contributed by atoms with van der Waals surface area (Å²) in [5, 5.41) is 5.18. The third-order valence-electron chi connectivity index (χ3n) is 11.9. The molecule has 0 bridgehead atoms. The fraction of sp³-hybridized carbons (Fsp3) is 0. The summed E-state index contributed by atoms with van der Waals surface area (Å²) in [6, 6.07) is 66.7. The Morgan fingerprint density at radius 2 is 1.02 bits per heavy atom. The number of fused-ring (bicyclic) bond motifs is 9. The first-order chi connectivity index (χ1) is 31.2. The minimum Gasteiger partial charge on any atom is -0.456 e. The van der Waals surface area contributed by atoms with E-state index in [1.165, 1.54) is 4.70 Å². The zero-order valence-corrected chi connectivity index (χ0v) is 34.3. The van der Waals surface area contributed by atoms with Crippen molar-refractivity contribution in [1.29, 1.82) is 0 Å². The topological polar surface area (TPSA) is 82.5 Å². The molecule has 13 aromatic rings. The lowest BCUT2D eigenvalue weighted by atomic mass is 10.0. The highest BCUT2D eigenvalue weighted by Gasteiger charge is 2.23. The molecule has 5 aromatic heterocycles. The van der Waals surface area contributed by atoms with Gasteiger partial charge in [0.05, 0.1) is 26.9 Å². The van der Waals surface area contributed by atoms with Gasteiger partial charge in [0.2, 0.25) is 0 Å². The summed E-state index contributed by atoms with van der Waals surface area (Å²) in [6.07, 6.45) is 0. The van der Waals surface area contributed by atoms with E-state index in [0.717, 1.165) is 98.5 Å². The van der Waals surface area contributed by atoms with E-state index >= 15 is 0 Å². The van der Waals surface area contributed by atoms with Crippen LogP contribution in [-0.2, 0) is 0 Å². The molecule has 0 spiro atoms. The minimum absolute atomic E-state index is 0.560. The normalized spacial score (nSPS) is 11.8. The number of hydrogen-bond donors (Lipinski definition) is 0. The second-order valence-corrected chi connectivity index (χ2v) is 16.6. The Balaban J connectivity index is 1.03. The first kappa shape index (κ1) is 35.4. The number of aromatic nitrogens is 6. The van der Waals surface area contributed by atoms with Gasteiger partial charge in [-0.15, -0.1) is 11.3 Å². The van der Waals surface area contributed by atoms with Gasteiger partial charge in [0.1, 0.15) is 11.2 Å². The van der Waals surface area contributed by atoms with Crippen molar-refractivity contribution >= 4 is 75.4 Å². The number of thiophene rings is 1. The van der Waals surface area contributed by atoms with Crippen LogP contribution in [0, 0.1) is 0 Å². The first-order valence-corrected chi connectivity index (χ1v) is 21.7. The maximum atomic E-state index is 6.57. The van der Waals surface area contributed by atoms with E-state index in [1.807, 2.05) is 66.7 Å². The van der Waals surface area contributed by atoms with Gasteiger partial charge >= 0.3 is 0 Å². The summed E-state index contributed by atoms with van der Waals surface area (Å²) in [7, 11) is 0. The number of rotatable bonds is 6. The molecule has 8 aromatic carbocycles. The summed E-state index contributed by atoms with van der Waals surface area (Å²) < 4.78 is 11.1. The van der Waals surface area contributed by atoms with Crippen molar-refractivity contribution in [3.05, 3.63) is 194 Å². The molecule has 294 valence electrons. The number of benzene rings is 8. The molecule has 63 heavy (non-hydrogen) atoms. The lowest BCUT2D eigenvalue weighted by Gasteiger charge is -2.11. The van der Waals surface area contributed by atoms with Gasteiger partial charge < -0.3 is 8.98 Å². The van der Waals surface area contributed by atoms with Crippen LogP contribution in [0.3, 0.4) is 0 Å². The van der Waals surface area contributed by atoms with Crippen LogP contribution >= 0.6 is 11.3 Å². The molecular formula is C55H32N6OS. The van der Waals surface area contributed by atoms with Crippen molar-refractivity contribution in [2.75, 3.05) is 0 Å². The maximum absolute atomic E-state index is 6.57. The molecule has 0 aliphatic heterocycles. The van der Waals surface area contributed by atoms with Gasteiger partial charge in [-0.3, -0.25) is 0 Å². The van der Waals surface area contributed by atoms with Crippen molar-refractivity contribution in [3.8, 4) is 62.5 Å². The molecule has 7 nitrogen and oxygen atoms in total. The zero-order valence-electron chi connectivity index (χ0n) is 33.5. The number of hydrogen-bond acceptors (Lipinski definition) is 7. The summed E-state index contributed by atoms with van der Waals surface area (Å²) in [6.45, 7) is 0. The van der Waals surface area contributed by atoms with Gasteiger partial charge in [-0.05, 0) is 54.6 Å². The van der Waals surface area contributed by atoms with Gasteiger partial charge in [0.25, 0.3) is 0 Å². The van der Waals surface area contributed by atoms with Crippen molar-refractivity contribution < 1.29 is 4.42 Å². The molecule has 0 saturated heterocycles. The van der Waals surface area contributed by atoms with Gasteiger partial charge in [-0.1, -0.05) is 140 Å². The standard InChI is InChI=1S/C55H32N6OS/c1-4-16-33(17-5-1)49-51-50(38-23-11-13-29-46(38)63-51)57-54(56-49)40-25-15-28-45-48(40)41-32-35(30-31-44(41)62-45)53-58-52(34-18-6-2-7-19-34)59-55(60-53)39-24-14-27-43-47(39)37-22-10-12-26-42(37)61(43)36-20-8-3-9-21-36/h1-32H. The molecule has 0 fully saturated rings. The molecule has 0 aliphatic carbocycles. The van der Waals surface area contributed by atoms with Crippen LogP contribution in [0.25, 0.3) is 127 Å². The van der Waals surface area contributed by atoms with Crippen molar-refractivity contribution in [1.82, 2.24) is 29.5 Å². The van der Waals surface area contributed by atoms with E-state index in [2.05, 4.69) is 132 Å². The van der Waals surface area contributed by atoms with Gasteiger partial charge in [0, 0.05) is 65.1 Å². The van der Waals surface area contributed by atoms with Crippen molar-refractivity contribution in [2.24, 2.45) is 0 Å². The molecule has 0 radical (unpaired) electrons. The third-order valence-corrected chi connectivity index (χ3v) is 13.0. The van der Waals surface area contributed by atoms with E-state index in [-0.39, 0.29) is 0 Å². The highest BCUT2D eigenvalue weighted by atomic mass is 32.1. The van der Waals surface area contributed by atoms with Crippen LogP contribution in [0.15, 0.2) is 199 Å². The molecule has 0 unspecified atom stereocenters. The van der Waals surface area contributed by atoms with Crippen LogP contribution in [0.4, 0.5) is 0 Å². The molecule has 0 saturated carbocycles. The predicted octanol–water partition coefficient (Wildman–Crippen LogP) is 14.4. The van der Waals surface area contributed by atoms with E-state index in [9.17, 15) is 0 Å². The second kappa shape index (κ2) is 14.1. The lowest BCUT2D eigenvalue weighted by Crippen LogP contribution is -2.00. The van der Waals surface area contributed by atoms with E-state index in [0.29, 0.717) is 23.3 Å². The Morgan fingerprint density at radius 1 is 0.397 bits per heavy atom. The van der Waals surface area contributed by atoms with E-state index in [1.54, 1.807) is 11.3 Å². The number of para-hydroxylation sites is 2. The summed E-state index contributed by atoms with van der Waals surface area (Å²) >= 11 is 1.73.